The zero-order valence-electron chi connectivity index (χ0n) is 27.2. The SMILES string of the molecule is CC(C)c1cccc(C(C)C)c1-n1c(-c2ccc3oc4ccc5oc6ccc(-c7ccccc7O)nc6c5c4c3c2)nc2ccccc21. The van der Waals surface area contributed by atoms with Gasteiger partial charge in [0.2, 0.25) is 0 Å². The summed E-state index contributed by atoms with van der Waals surface area (Å²) in [5.41, 5.74) is 11.8. The molecule has 1 N–H and O–H groups in total. The van der Waals surface area contributed by atoms with Crippen molar-refractivity contribution in [3.63, 3.8) is 0 Å². The van der Waals surface area contributed by atoms with Gasteiger partial charge >= 0.3 is 0 Å². The molecule has 48 heavy (non-hydrogen) atoms. The lowest BCUT2D eigenvalue weighted by atomic mass is 9.92. The standard InChI is InChI=1S/C42H33N3O3/c1-23(2)26-11-9-12-27(24(3)4)41(26)45-32-14-7-6-13-31(32)44-42(45)25-16-18-34-29(22-25)38-35(47-34)20-21-36-39(38)40-37(48-36)19-17-30(43-40)28-10-5-8-15-33(28)46/h5-24,46H,1-4H3. The molecule has 9 aromatic rings. The molecule has 0 atom stereocenters. The molecule has 9 rings (SSSR count). The summed E-state index contributed by atoms with van der Waals surface area (Å²) in [5.74, 6) is 1.71. The number of para-hydroxylation sites is 4. The quantitative estimate of drug-likeness (QED) is 0.205. The minimum absolute atomic E-state index is 0.184. The number of phenols is 1. The van der Waals surface area contributed by atoms with Crippen molar-refractivity contribution in [3.05, 3.63) is 120 Å². The summed E-state index contributed by atoms with van der Waals surface area (Å²) in [6, 6.07) is 36.3. The molecule has 0 radical (unpaired) electrons. The van der Waals surface area contributed by atoms with Crippen LogP contribution in [0.1, 0.15) is 50.7 Å². The van der Waals surface area contributed by atoms with Gasteiger partial charge in [-0.15, -0.1) is 0 Å². The second-order valence-electron chi connectivity index (χ2n) is 13.1. The summed E-state index contributed by atoms with van der Waals surface area (Å²) in [7, 11) is 0. The number of phenolic OH excluding ortho intramolecular Hbond substituents is 1. The molecule has 0 amide bonds. The predicted octanol–water partition coefficient (Wildman–Crippen LogP) is 11.5. The first kappa shape index (κ1) is 28.4. The second-order valence-corrected chi connectivity index (χ2v) is 13.1. The number of nitrogens with zero attached hydrogens (tertiary/aromatic N) is 3. The Morgan fingerprint density at radius 1 is 0.625 bits per heavy atom. The van der Waals surface area contributed by atoms with Crippen LogP contribution in [0.15, 0.2) is 118 Å². The highest BCUT2D eigenvalue weighted by atomic mass is 16.3. The van der Waals surface area contributed by atoms with Gasteiger partial charge in [0.05, 0.1) is 27.8 Å². The number of aromatic nitrogens is 3. The van der Waals surface area contributed by atoms with Crippen LogP contribution < -0.4 is 0 Å². The first-order chi connectivity index (χ1) is 23.4. The fourth-order valence-electron chi connectivity index (χ4n) is 7.19. The number of benzene rings is 5. The van der Waals surface area contributed by atoms with Crippen LogP contribution in [0.2, 0.25) is 0 Å². The van der Waals surface area contributed by atoms with E-state index >= 15 is 0 Å². The van der Waals surface area contributed by atoms with E-state index in [9.17, 15) is 5.11 Å². The fraction of sp³-hybridized carbons (Fsp3) is 0.143. The number of fused-ring (bicyclic) bond motifs is 8. The van der Waals surface area contributed by atoms with Gasteiger partial charge in [-0.2, -0.15) is 0 Å². The van der Waals surface area contributed by atoms with Crippen molar-refractivity contribution in [2.24, 2.45) is 0 Å². The van der Waals surface area contributed by atoms with E-state index in [2.05, 4.69) is 80.8 Å². The van der Waals surface area contributed by atoms with E-state index in [1.807, 2.05) is 54.6 Å². The van der Waals surface area contributed by atoms with Crippen LogP contribution in [0.3, 0.4) is 0 Å². The Bertz CT molecular complexity index is 2680. The maximum Gasteiger partial charge on any atom is 0.153 e. The van der Waals surface area contributed by atoms with E-state index in [1.54, 1.807) is 6.07 Å². The number of pyridine rings is 1. The van der Waals surface area contributed by atoms with Crippen LogP contribution in [0, 0.1) is 0 Å². The summed E-state index contributed by atoms with van der Waals surface area (Å²) >= 11 is 0. The number of hydrogen-bond donors (Lipinski definition) is 1. The first-order valence-corrected chi connectivity index (χ1v) is 16.5. The minimum Gasteiger partial charge on any atom is -0.507 e. The van der Waals surface area contributed by atoms with E-state index in [1.165, 1.54) is 16.8 Å². The summed E-state index contributed by atoms with van der Waals surface area (Å²) < 4.78 is 15.1. The van der Waals surface area contributed by atoms with Crippen LogP contribution in [0.25, 0.3) is 83.4 Å². The highest BCUT2D eigenvalue weighted by molar-refractivity contribution is 6.25. The summed E-state index contributed by atoms with van der Waals surface area (Å²) in [5, 5.41) is 13.4. The Morgan fingerprint density at radius 3 is 2.06 bits per heavy atom. The van der Waals surface area contributed by atoms with Gasteiger partial charge < -0.3 is 13.9 Å². The van der Waals surface area contributed by atoms with Crippen LogP contribution in [-0.2, 0) is 0 Å². The van der Waals surface area contributed by atoms with Crippen molar-refractivity contribution in [2.75, 3.05) is 0 Å². The molecular formula is C42H33N3O3. The molecular weight excluding hydrogens is 594 g/mol. The highest BCUT2D eigenvalue weighted by Crippen LogP contribution is 2.43. The molecule has 0 unspecified atom stereocenters. The van der Waals surface area contributed by atoms with Crippen molar-refractivity contribution in [2.45, 2.75) is 39.5 Å². The van der Waals surface area contributed by atoms with Crippen LogP contribution in [0.5, 0.6) is 5.75 Å². The molecule has 0 aliphatic heterocycles. The summed E-state index contributed by atoms with van der Waals surface area (Å²) in [4.78, 5) is 10.3. The Kier molecular flexibility index (Phi) is 6.25. The number of imidazole rings is 1. The molecule has 0 aliphatic rings. The predicted molar refractivity (Wildman–Crippen MR) is 194 cm³/mol. The zero-order chi connectivity index (χ0) is 32.7. The molecule has 0 spiro atoms. The van der Waals surface area contributed by atoms with Crippen LogP contribution >= 0.6 is 0 Å². The molecule has 234 valence electrons. The lowest BCUT2D eigenvalue weighted by molar-refractivity contribution is 0.477. The van der Waals surface area contributed by atoms with Crippen LogP contribution in [0.4, 0.5) is 0 Å². The average Bonchev–Trinajstić information content (AvgIpc) is 3.78. The smallest absolute Gasteiger partial charge is 0.153 e. The number of hydrogen-bond acceptors (Lipinski definition) is 5. The van der Waals surface area contributed by atoms with Gasteiger partial charge in [-0.3, -0.25) is 4.57 Å². The zero-order valence-corrected chi connectivity index (χ0v) is 27.2. The Morgan fingerprint density at radius 2 is 1.29 bits per heavy atom. The normalized spacial score (nSPS) is 12.2. The lowest BCUT2D eigenvalue weighted by Crippen LogP contribution is -2.08. The van der Waals surface area contributed by atoms with Gasteiger partial charge in [-0.05, 0) is 89.7 Å². The summed E-state index contributed by atoms with van der Waals surface area (Å²) in [6.07, 6.45) is 0. The molecule has 0 saturated carbocycles. The molecule has 6 nitrogen and oxygen atoms in total. The van der Waals surface area contributed by atoms with Crippen molar-refractivity contribution in [3.8, 4) is 34.1 Å². The average molecular weight is 628 g/mol. The van der Waals surface area contributed by atoms with E-state index in [-0.39, 0.29) is 5.75 Å². The van der Waals surface area contributed by atoms with E-state index < -0.39 is 0 Å². The van der Waals surface area contributed by atoms with Crippen molar-refractivity contribution in [1.29, 1.82) is 0 Å². The highest BCUT2D eigenvalue weighted by Gasteiger charge is 2.24. The van der Waals surface area contributed by atoms with Gasteiger partial charge in [0.25, 0.3) is 0 Å². The van der Waals surface area contributed by atoms with Crippen LogP contribution in [-0.4, -0.2) is 19.6 Å². The lowest BCUT2D eigenvalue weighted by Gasteiger charge is -2.22. The first-order valence-electron chi connectivity index (χ1n) is 16.5. The van der Waals surface area contributed by atoms with Crippen molar-refractivity contribution in [1.82, 2.24) is 14.5 Å². The van der Waals surface area contributed by atoms with Gasteiger partial charge in [0.15, 0.2) is 5.58 Å². The molecule has 0 bridgehead atoms. The third kappa shape index (κ3) is 4.19. The van der Waals surface area contributed by atoms with E-state index in [0.717, 1.165) is 60.8 Å². The largest absolute Gasteiger partial charge is 0.507 e. The maximum absolute atomic E-state index is 10.6. The third-order valence-electron chi connectivity index (χ3n) is 9.48. The van der Waals surface area contributed by atoms with E-state index in [4.69, 9.17) is 18.8 Å². The maximum atomic E-state index is 10.6. The number of aromatic hydroxyl groups is 1. The molecule has 5 aromatic carbocycles. The minimum atomic E-state index is 0.184. The molecule has 4 aromatic heterocycles. The Hall–Kier alpha value is -5.88. The van der Waals surface area contributed by atoms with Crippen molar-refractivity contribution < 1.29 is 13.9 Å². The van der Waals surface area contributed by atoms with Gasteiger partial charge in [-0.1, -0.05) is 70.2 Å². The number of rotatable bonds is 5. The van der Waals surface area contributed by atoms with Crippen molar-refractivity contribution >= 4 is 55.0 Å². The Balaban J connectivity index is 1.34. The molecule has 0 fully saturated rings. The van der Waals surface area contributed by atoms with Gasteiger partial charge in [0.1, 0.15) is 33.8 Å². The van der Waals surface area contributed by atoms with Gasteiger partial charge in [-0.25, -0.2) is 9.97 Å². The molecule has 0 saturated heterocycles. The topological polar surface area (TPSA) is 77.2 Å². The van der Waals surface area contributed by atoms with Gasteiger partial charge in [0, 0.05) is 21.9 Å². The third-order valence-corrected chi connectivity index (χ3v) is 9.48. The van der Waals surface area contributed by atoms with E-state index in [0.29, 0.717) is 28.7 Å². The monoisotopic (exact) mass is 627 g/mol. The molecule has 6 heteroatoms. The molecule has 4 heterocycles. The Labute approximate surface area is 276 Å². The number of furan rings is 2. The molecule has 0 aliphatic carbocycles. The fourth-order valence-corrected chi connectivity index (χ4v) is 7.19. The summed E-state index contributed by atoms with van der Waals surface area (Å²) in [6.45, 7) is 9.02. The second kappa shape index (κ2) is 10.6.